The number of nitrogens with zero attached hydrogens (tertiary/aromatic N) is 2. The first-order valence-electron chi connectivity index (χ1n) is 14.2. The molecule has 1 saturated heterocycles. The minimum atomic E-state index is -1.90. The highest BCUT2D eigenvalue weighted by molar-refractivity contribution is 6.38. The Labute approximate surface area is 224 Å². The standard InChI is InChI=1S/C29H42N2O7/c1-16-14-18-19-7-8-22(32)29(19,3)12-10-20(18)28(2)11-9-17(15-21(16)28)31(38-23-6-5-13-30(23)4)24(26(34)35)25(33)27(36)37/h17-21,23-24H,1,5-15H2,2-4H3,(H,34,35)(H,36,37)/t17?,18-,19-,20-,21?,23?,24?,28+,29-/m0/s1. The fourth-order valence-electron chi connectivity index (χ4n) is 9.19. The largest absolute Gasteiger partial charge is 0.480 e. The SMILES string of the molecule is C=C1C[C@@H]2[C@H](CC[C@]3(C)C(=O)CC[C@@H]23)[C@@]2(C)CCC(N(OC3CCCN3C)C(C(=O)O)C(=O)C(=O)O)CC12. The number of carboxylic acids is 2. The van der Waals surface area contributed by atoms with Crippen molar-refractivity contribution in [2.45, 2.75) is 96.4 Å². The van der Waals surface area contributed by atoms with E-state index >= 15 is 0 Å². The van der Waals surface area contributed by atoms with Crippen molar-refractivity contribution in [3.8, 4) is 0 Å². The summed E-state index contributed by atoms with van der Waals surface area (Å²) in [6.07, 6.45) is 7.60. The molecule has 5 aliphatic rings. The Morgan fingerprint density at radius 3 is 2.47 bits per heavy atom. The Balaban J connectivity index is 1.42. The van der Waals surface area contributed by atoms with Gasteiger partial charge in [0, 0.05) is 24.4 Å². The molecule has 210 valence electrons. The molecule has 4 saturated carbocycles. The second-order valence-corrected chi connectivity index (χ2v) is 13.1. The number of hydrogen-bond donors (Lipinski definition) is 2. The van der Waals surface area contributed by atoms with Gasteiger partial charge in [-0.15, -0.1) is 0 Å². The third-order valence-electron chi connectivity index (χ3n) is 11.3. The smallest absolute Gasteiger partial charge is 0.374 e. The molecule has 0 aromatic rings. The lowest BCUT2D eigenvalue weighted by molar-refractivity contribution is -0.273. The van der Waals surface area contributed by atoms with Crippen molar-refractivity contribution < 1.29 is 34.2 Å². The second kappa shape index (κ2) is 9.82. The molecule has 0 amide bonds. The molecule has 5 fully saturated rings. The van der Waals surface area contributed by atoms with Gasteiger partial charge in [0.05, 0.1) is 0 Å². The maximum absolute atomic E-state index is 12.8. The Morgan fingerprint density at radius 1 is 1.11 bits per heavy atom. The van der Waals surface area contributed by atoms with Crippen molar-refractivity contribution in [1.29, 1.82) is 0 Å². The van der Waals surface area contributed by atoms with Crippen LogP contribution in [0.5, 0.6) is 0 Å². The summed E-state index contributed by atoms with van der Waals surface area (Å²) in [5, 5.41) is 20.6. The van der Waals surface area contributed by atoms with E-state index in [-0.39, 0.29) is 16.7 Å². The van der Waals surface area contributed by atoms with E-state index in [2.05, 4.69) is 20.4 Å². The number of Topliss-reactive ketones (excluding diaryl/α,β-unsaturated/α-hetero) is 2. The van der Waals surface area contributed by atoms with Gasteiger partial charge in [0.25, 0.3) is 5.78 Å². The van der Waals surface area contributed by atoms with Crippen LogP contribution in [-0.2, 0) is 24.0 Å². The van der Waals surface area contributed by atoms with Crippen LogP contribution in [0.25, 0.3) is 0 Å². The van der Waals surface area contributed by atoms with Gasteiger partial charge in [-0.2, -0.15) is 5.06 Å². The molecule has 4 aliphatic carbocycles. The van der Waals surface area contributed by atoms with Crippen LogP contribution in [-0.4, -0.2) is 75.6 Å². The van der Waals surface area contributed by atoms with E-state index < -0.39 is 36.0 Å². The summed E-state index contributed by atoms with van der Waals surface area (Å²) in [5.41, 5.74) is 0.886. The van der Waals surface area contributed by atoms with Gasteiger partial charge >= 0.3 is 11.9 Å². The molecular weight excluding hydrogens is 488 g/mol. The van der Waals surface area contributed by atoms with Crippen molar-refractivity contribution in [3.05, 3.63) is 12.2 Å². The summed E-state index contributed by atoms with van der Waals surface area (Å²) >= 11 is 0. The number of ketones is 2. The highest BCUT2D eigenvalue weighted by Gasteiger charge is 2.61. The number of hydrogen-bond acceptors (Lipinski definition) is 7. The summed E-state index contributed by atoms with van der Waals surface area (Å²) in [5.74, 6) is -2.84. The van der Waals surface area contributed by atoms with Crippen LogP contribution in [0.4, 0.5) is 0 Å². The third kappa shape index (κ3) is 4.25. The molecule has 38 heavy (non-hydrogen) atoms. The topological polar surface area (TPSA) is 124 Å². The van der Waals surface area contributed by atoms with E-state index in [4.69, 9.17) is 4.84 Å². The van der Waals surface area contributed by atoms with Crippen LogP contribution >= 0.6 is 0 Å². The van der Waals surface area contributed by atoms with Crippen LogP contribution in [0.15, 0.2) is 12.2 Å². The maximum atomic E-state index is 12.8. The molecule has 0 spiro atoms. The lowest BCUT2D eigenvalue weighted by atomic mass is 9.44. The first kappa shape index (κ1) is 27.5. The van der Waals surface area contributed by atoms with Gasteiger partial charge in [0.15, 0.2) is 0 Å². The minimum Gasteiger partial charge on any atom is -0.480 e. The quantitative estimate of drug-likeness (QED) is 0.220. The van der Waals surface area contributed by atoms with Crippen molar-refractivity contribution in [2.24, 2.45) is 34.5 Å². The Morgan fingerprint density at radius 2 is 1.84 bits per heavy atom. The molecule has 9 atom stereocenters. The molecule has 0 aromatic heterocycles. The van der Waals surface area contributed by atoms with E-state index in [1.807, 2.05) is 11.9 Å². The van der Waals surface area contributed by atoms with Crippen LogP contribution in [0.2, 0.25) is 0 Å². The average molecular weight is 531 g/mol. The number of allylic oxidation sites excluding steroid dienone is 1. The van der Waals surface area contributed by atoms with E-state index in [0.717, 1.165) is 50.6 Å². The average Bonchev–Trinajstić information content (AvgIpc) is 3.40. The monoisotopic (exact) mass is 530 g/mol. The van der Waals surface area contributed by atoms with E-state index in [0.29, 0.717) is 49.2 Å². The summed E-state index contributed by atoms with van der Waals surface area (Å²) in [6, 6.07) is -2.32. The zero-order valence-corrected chi connectivity index (χ0v) is 22.9. The molecule has 0 bridgehead atoms. The van der Waals surface area contributed by atoms with E-state index in [9.17, 15) is 29.4 Å². The molecule has 1 heterocycles. The predicted molar refractivity (Wildman–Crippen MR) is 138 cm³/mol. The maximum Gasteiger partial charge on any atom is 0.374 e. The minimum absolute atomic E-state index is 0.0329. The van der Waals surface area contributed by atoms with Crippen molar-refractivity contribution in [3.63, 3.8) is 0 Å². The summed E-state index contributed by atoms with van der Waals surface area (Å²) in [7, 11) is 1.89. The van der Waals surface area contributed by atoms with Gasteiger partial charge in [-0.25, -0.2) is 9.59 Å². The predicted octanol–water partition coefficient (Wildman–Crippen LogP) is 3.53. The second-order valence-electron chi connectivity index (χ2n) is 13.1. The number of carbonyl (C=O) groups excluding carboxylic acids is 2. The van der Waals surface area contributed by atoms with E-state index in [1.54, 1.807) is 0 Å². The van der Waals surface area contributed by atoms with Crippen LogP contribution < -0.4 is 0 Å². The third-order valence-corrected chi connectivity index (χ3v) is 11.3. The van der Waals surface area contributed by atoms with Gasteiger partial charge in [0.1, 0.15) is 12.0 Å². The number of rotatable bonds is 7. The highest BCUT2D eigenvalue weighted by Crippen LogP contribution is 2.66. The normalized spacial score (nSPS) is 41.9. The Bertz CT molecular complexity index is 1040. The lowest BCUT2D eigenvalue weighted by Gasteiger charge is -2.61. The molecule has 1 aliphatic heterocycles. The summed E-state index contributed by atoms with van der Waals surface area (Å²) in [4.78, 5) is 57.5. The fourth-order valence-corrected chi connectivity index (χ4v) is 9.19. The highest BCUT2D eigenvalue weighted by atomic mass is 16.7. The molecule has 9 nitrogen and oxygen atoms in total. The number of carboxylic acid groups (broad SMARTS) is 2. The Kier molecular flexibility index (Phi) is 7.10. The number of hydroxylamine groups is 2. The van der Waals surface area contributed by atoms with Crippen molar-refractivity contribution in [1.82, 2.24) is 9.96 Å². The van der Waals surface area contributed by atoms with Crippen LogP contribution in [0.1, 0.15) is 78.1 Å². The molecule has 4 unspecified atom stereocenters. The van der Waals surface area contributed by atoms with Gasteiger partial charge in [0.2, 0.25) is 6.04 Å². The fraction of sp³-hybridized carbons (Fsp3) is 0.793. The molecule has 9 heteroatoms. The van der Waals surface area contributed by atoms with Crippen molar-refractivity contribution in [2.75, 3.05) is 13.6 Å². The Hall–Kier alpha value is -2.10. The van der Waals surface area contributed by atoms with Gasteiger partial charge in [-0.1, -0.05) is 26.0 Å². The molecule has 5 rings (SSSR count). The number of aliphatic carboxylic acids is 2. The van der Waals surface area contributed by atoms with Crippen molar-refractivity contribution >= 4 is 23.5 Å². The number of likely N-dealkylation sites (tertiary alicyclic amines) is 1. The van der Waals surface area contributed by atoms with E-state index in [1.165, 1.54) is 5.06 Å². The van der Waals surface area contributed by atoms with Gasteiger partial charge < -0.3 is 10.2 Å². The van der Waals surface area contributed by atoms with Gasteiger partial charge in [-0.05, 0) is 93.9 Å². The summed E-state index contributed by atoms with van der Waals surface area (Å²) < 4.78 is 0. The van der Waals surface area contributed by atoms with Crippen LogP contribution in [0, 0.1) is 34.5 Å². The molecule has 2 N–H and O–H groups in total. The molecule has 0 radical (unpaired) electrons. The molecule has 0 aromatic carbocycles. The van der Waals surface area contributed by atoms with Gasteiger partial charge in [-0.3, -0.25) is 19.3 Å². The zero-order chi connectivity index (χ0) is 27.6. The number of carbonyl (C=O) groups is 4. The summed E-state index contributed by atoms with van der Waals surface area (Å²) in [6.45, 7) is 9.80. The number of fused-ring (bicyclic) bond motifs is 5. The first-order valence-corrected chi connectivity index (χ1v) is 14.2. The zero-order valence-electron chi connectivity index (χ0n) is 22.9. The molecular formula is C29H42N2O7. The lowest BCUT2D eigenvalue weighted by Crippen LogP contribution is -2.60. The van der Waals surface area contributed by atoms with Crippen LogP contribution in [0.3, 0.4) is 0 Å². The first-order chi connectivity index (χ1) is 17.9.